The van der Waals surface area contributed by atoms with Gasteiger partial charge in [-0.3, -0.25) is 9.69 Å². The predicted octanol–water partition coefficient (Wildman–Crippen LogP) is 3.69. The van der Waals surface area contributed by atoms with Gasteiger partial charge in [-0.25, -0.2) is 9.98 Å². The molecule has 106 valence electrons. The van der Waals surface area contributed by atoms with Crippen molar-refractivity contribution in [1.29, 1.82) is 0 Å². The highest BCUT2D eigenvalue weighted by Gasteiger charge is 2.30. The average Bonchev–Trinajstić information content (AvgIpc) is 3.05. The Labute approximate surface area is 131 Å². The van der Waals surface area contributed by atoms with Crippen LogP contribution in [-0.2, 0) is 4.79 Å². The van der Waals surface area contributed by atoms with E-state index < -0.39 is 0 Å². The third-order valence-corrected chi connectivity index (χ3v) is 4.78. The summed E-state index contributed by atoms with van der Waals surface area (Å²) in [5.41, 5.74) is 0.906. The molecule has 0 N–H and O–H groups in total. The molecule has 0 spiro atoms. The summed E-state index contributed by atoms with van der Waals surface area (Å²) < 4.78 is 0. The summed E-state index contributed by atoms with van der Waals surface area (Å²) in [4.78, 5) is 24.4. The highest BCUT2D eigenvalue weighted by atomic mass is 32.2. The number of nitrogens with zero attached hydrogens (tertiary/aromatic N) is 3. The molecule has 0 radical (unpaired) electrons. The number of hydrogen-bond acceptors (Lipinski definition) is 5. The number of aliphatic imine (C=N–C) groups is 1. The smallest absolute Gasteiger partial charge is 0.266 e. The lowest BCUT2D eigenvalue weighted by molar-refractivity contribution is -0.121. The second-order valence-electron chi connectivity index (χ2n) is 4.52. The zero-order valence-electron chi connectivity index (χ0n) is 11.6. The zero-order valence-corrected chi connectivity index (χ0v) is 13.2. The third kappa shape index (κ3) is 3.06. The van der Waals surface area contributed by atoms with Gasteiger partial charge in [-0.1, -0.05) is 12.1 Å². The molecule has 2 aromatic rings. The Hall–Kier alpha value is -1.92. The molecule has 4 nitrogen and oxygen atoms in total. The van der Waals surface area contributed by atoms with Gasteiger partial charge < -0.3 is 0 Å². The summed E-state index contributed by atoms with van der Waals surface area (Å²) in [5, 5.41) is 2.65. The summed E-state index contributed by atoms with van der Waals surface area (Å²) in [6.07, 6.45) is 1.90. The standard InChI is InChI=1S/C15H13N3OS2/c1-10-5-3-7-13(16-10)17-15-18(2)14(19)12(21-15)9-11-6-4-8-20-11/h3-9H,1-2H3/b12-9+,17-15+. The van der Waals surface area contributed by atoms with Crippen molar-refractivity contribution in [2.24, 2.45) is 4.99 Å². The molecule has 3 rings (SSSR count). The molecule has 0 bridgehead atoms. The Morgan fingerprint density at radius 3 is 2.86 bits per heavy atom. The monoisotopic (exact) mass is 315 g/mol. The molecular formula is C15H13N3OS2. The Balaban J connectivity index is 1.90. The Kier molecular flexibility index (Phi) is 3.90. The average molecular weight is 315 g/mol. The maximum atomic E-state index is 12.2. The number of hydrogen-bond donors (Lipinski definition) is 0. The Bertz CT molecular complexity index is 735. The number of carbonyl (C=O) groups is 1. The normalized spacial score (nSPS) is 19.0. The molecule has 0 aromatic carbocycles. The van der Waals surface area contributed by atoms with Crippen molar-refractivity contribution in [2.45, 2.75) is 6.92 Å². The zero-order chi connectivity index (χ0) is 14.8. The van der Waals surface area contributed by atoms with Crippen LogP contribution in [0.5, 0.6) is 0 Å². The number of thiophene rings is 1. The third-order valence-electron chi connectivity index (χ3n) is 2.90. The summed E-state index contributed by atoms with van der Waals surface area (Å²) >= 11 is 2.99. The van der Waals surface area contributed by atoms with Gasteiger partial charge in [0.1, 0.15) is 0 Å². The first-order chi connectivity index (χ1) is 10.1. The first-order valence-electron chi connectivity index (χ1n) is 6.37. The van der Waals surface area contributed by atoms with E-state index in [0.717, 1.165) is 10.6 Å². The minimum absolute atomic E-state index is 0.0280. The van der Waals surface area contributed by atoms with Gasteiger partial charge >= 0.3 is 0 Å². The molecule has 1 fully saturated rings. The predicted molar refractivity (Wildman–Crippen MR) is 88.7 cm³/mol. The summed E-state index contributed by atoms with van der Waals surface area (Å²) in [6.45, 7) is 1.92. The van der Waals surface area contributed by atoms with E-state index in [4.69, 9.17) is 0 Å². The van der Waals surface area contributed by atoms with Crippen LogP contribution < -0.4 is 0 Å². The summed E-state index contributed by atoms with van der Waals surface area (Å²) in [6, 6.07) is 9.62. The van der Waals surface area contributed by atoms with Crippen LogP contribution in [-0.4, -0.2) is 28.0 Å². The highest BCUT2D eigenvalue weighted by molar-refractivity contribution is 8.18. The topological polar surface area (TPSA) is 45.6 Å². The quantitative estimate of drug-likeness (QED) is 0.794. The first kappa shape index (κ1) is 14.0. The van der Waals surface area contributed by atoms with Crippen LogP contribution >= 0.6 is 23.1 Å². The molecule has 21 heavy (non-hydrogen) atoms. The van der Waals surface area contributed by atoms with Crippen LogP contribution in [0, 0.1) is 6.92 Å². The van der Waals surface area contributed by atoms with Crippen LogP contribution in [0.4, 0.5) is 5.82 Å². The second-order valence-corrected chi connectivity index (χ2v) is 6.51. The van der Waals surface area contributed by atoms with Gasteiger partial charge in [0.15, 0.2) is 11.0 Å². The van der Waals surface area contributed by atoms with Crippen LogP contribution in [0.25, 0.3) is 6.08 Å². The van der Waals surface area contributed by atoms with Crippen molar-refractivity contribution in [2.75, 3.05) is 7.05 Å². The van der Waals surface area contributed by atoms with Gasteiger partial charge in [0.25, 0.3) is 5.91 Å². The molecule has 1 aliphatic heterocycles. The van der Waals surface area contributed by atoms with Gasteiger partial charge in [0.2, 0.25) is 0 Å². The second kappa shape index (κ2) is 5.83. The molecule has 6 heteroatoms. The van der Waals surface area contributed by atoms with Crippen LogP contribution in [0.15, 0.2) is 45.6 Å². The van der Waals surface area contributed by atoms with Gasteiger partial charge in [-0.15, -0.1) is 11.3 Å². The number of aromatic nitrogens is 1. The Morgan fingerprint density at radius 2 is 2.14 bits per heavy atom. The van der Waals surface area contributed by atoms with E-state index in [1.165, 1.54) is 11.8 Å². The van der Waals surface area contributed by atoms with Crippen molar-refractivity contribution in [3.63, 3.8) is 0 Å². The van der Waals surface area contributed by atoms with E-state index in [1.54, 1.807) is 23.3 Å². The molecule has 0 saturated carbocycles. The van der Waals surface area contributed by atoms with E-state index in [2.05, 4.69) is 9.98 Å². The number of thioether (sulfide) groups is 1. The van der Waals surface area contributed by atoms with E-state index in [-0.39, 0.29) is 5.91 Å². The molecule has 2 aromatic heterocycles. The SMILES string of the molecule is Cc1cccc(/N=C2/S/C(=C/c3cccs3)C(=O)N2C)n1. The van der Waals surface area contributed by atoms with Gasteiger partial charge in [-0.2, -0.15) is 0 Å². The van der Waals surface area contributed by atoms with Crippen LogP contribution in [0.1, 0.15) is 10.6 Å². The maximum Gasteiger partial charge on any atom is 0.266 e. The number of amidine groups is 1. The maximum absolute atomic E-state index is 12.2. The number of rotatable bonds is 2. The van der Waals surface area contributed by atoms with E-state index in [9.17, 15) is 4.79 Å². The molecule has 0 atom stereocenters. The van der Waals surface area contributed by atoms with Gasteiger partial charge in [-0.05, 0) is 48.3 Å². The fourth-order valence-corrected chi connectivity index (χ4v) is 3.54. The van der Waals surface area contributed by atoms with Crippen molar-refractivity contribution < 1.29 is 4.79 Å². The van der Waals surface area contributed by atoms with Crippen molar-refractivity contribution in [3.8, 4) is 0 Å². The van der Waals surface area contributed by atoms with Gasteiger partial charge in [0.05, 0.1) is 4.91 Å². The largest absolute Gasteiger partial charge is 0.289 e. The van der Waals surface area contributed by atoms with Crippen molar-refractivity contribution >= 4 is 46.1 Å². The number of carbonyl (C=O) groups excluding carboxylic acids is 1. The lowest BCUT2D eigenvalue weighted by Gasteiger charge is -2.06. The molecule has 0 aliphatic carbocycles. The minimum Gasteiger partial charge on any atom is -0.289 e. The van der Waals surface area contributed by atoms with E-state index in [1.807, 2.05) is 48.7 Å². The lowest BCUT2D eigenvalue weighted by atomic mass is 10.4. The van der Waals surface area contributed by atoms with Gasteiger partial charge in [0, 0.05) is 17.6 Å². The molecule has 1 amide bonds. The highest BCUT2D eigenvalue weighted by Crippen LogP contribution is 2.33. The fraction of sp³-hybridized carbons (Fsp3) is 0.133. The van der Waals surface area contributed by atoms with Crippen molar-refractivity contribution in [3.05, 3.63) is 51.2 Å². The van der Waals surface area contributed by atoms with E-state index >= 15 is 0 Å². The fourth-order valence-electron chi connectivity index (χ4n) is 1.84. The number of likely N-dealkylation sites (N-methyl/N-ethyl adjacent to an activating group) is 1. The van der Waals surface area contributed by atoms with Crippen LogP contribution in [0.2, 0.25) is 0 Å². The Morgan fingerprint density at radius 1 is 1.29 bits per heavy atom. The summed E-state index contributed by atoms with van der Waals surface area (Å²) in [5.74, 6) is 0.592. The molecule has 1 saturated heterocycles. The number of pyridine rings is 1. The summed E-state index contributed by atoms with van der Waals surface area (Å²) in [7, 11) is 1.74. The molecule has 3 heterocycles. The number of aryl methyl sites for hydroxylation is 1. The van der Waals surface area contributed by atoms with Crippen LogP contribution in [0.3, 0.4) is 0 Å². The minimum atomic E-state index is -0.0280. The molecular weight excluding hydrogens is 302 g/mol. The lowest BCUT2D eigenvalue weighted by Crippen LogP contribution is -2.23. The van der Waals surface area contributed by atoms with E-state index in [0.29, 0.717) is 15.9 Å². The first-order valence-corrected chi connectivity index (χ1v) is 8.06. The molecule has 0 unspecified atom stereocenters. The molecule has 1 aliphatic rings. The van der Waals surface area contributed by atoms with Crippen molar-refractivity contribution in [1.82, 2.24) is 9.88 Å². The number of amides is 1.